The highest BCUT2D eigenvalue weighted by Crippen LogP contribution is 2.31. The fourth-order valence-electron chi connectivity index (χ4n) is 1.53. The van der Waals surface area contributed by atoms with E-state index in [0.29, 0.717) is 20.6 Å². The molecule has 0 saturated heterocycles. The monoisotopic (exact) mass is 347 g/mol. The molecule has 0 aromatic heterocycles. The molecule has 0 spiro atoms. The van der Waals surface area contributed by atoms with E-state index in [2.05, 4.69) is 0 Å². The number of hydrogen-bond acceptors (Lipinski definition) is 3. The second kappa shape index (κ2) is 7.46. The number of anilines is 1. The van der Waals surface area contributed by atoms with Gasteiger partial charge >= 0.3 is 0 Å². The Morgan fingerprint density at radius 2 is 1.65 bits per heavy atom. The van der Waals surface area contributed by atoms with E-state index in [1.165, 1.54) is 17.8 Å². The van der Waals surface area contributed by atoms with Gasteiger partial charge < -0.3 is 5.73 Å². The van der Waals surface area contributed by atoms with Crippen molar-refractivity contribution >= 4 is 52.4 Å². The number of halogens is 3. The van der Waals surface area contributed by atoms with E-state index in [9.17, 15) is 4.39 Å². The molecule has 0 aliphatic carbocycles. The second-order valence-electron chi connectivity index (χ2n) is 3.96. The molecular formula is C14H12Cl2FNS2. The van der Waals surface area contributed by atoms with Crippen molar-refractivity contribution in [3.05, 3.63) is 52.3 Å². The molecule has 0 atom stereocenters. The van der Waals surface area contributed by atoms with Crippen LogP contribution in [-0.2, 0) is 0 Å². The van der Waals surface area contributed by atoms with Crippen molar-refractivity contribution in [3.63, 3.8) is 0 Å². The Labute approximate surface area is 136 Å². The average molecular weight is 348 g/mol. The van der Waals surface area contributed by atoms with Crippen molar-refractivity contribution in [2.24, 2.45) is 0 Å². The molecule has 0 aliphatic heterocycles. The lowest BCUT2D eigenvalue weighted by Gasteiger charge is -2.06. The van der Waals surface area contributed by atoms with Gasteiger partial charge in [0.15, 0.2) is 0 Å². The highest BCUT2D eigenvalue weighted by Gasteiger charge is 2.05. The highest BCUT2D eigenvalue weighted by molar-refractivity contribution is 8.03. The van der Waals surface area contributed by atoms with Crippen molar-refractivity contribution in [2.45, 2.75) is 9.79 Å². The third-order valence-electron chi connectivity index (χ3n) is 2.45. The van der Waals surface area contributed by atoms with Crippen molar-refractivity contribution < 1.29 is 4.39 Å². The predicted molar refractivity (Wildman–Crippen MR) is 88.7 cm³/mol. The maximum absolute atomic E-state index is 13.6. The summed E-state index contributed by atoms with van der Waals surface area (Å²) in [4.78, 5) is 1.55. The van der Waals surface area contributed by atoms with Gasteiger partial charge in [0.1, 0.15) is 5.82 Å². The minimum atomic E-state index is -0.277. The van der Waals surface area contributed by atoms with E-state index in [0.717, 1.165) is 16.4 Å². The van der Waals surface area contributed by atoms with Gasteiger partial charge in [0.05, 0.1) is 5.02 Å². The zero-order valence-electron chi connectivity index (χ0n) is 10.4. The molecule has 106 valence electrons. The van der Waals surface area contributed by atoms with Crippen LogP contribution in [0.1, 0.15) is 0 Å². The lowest BCUT2D eigenvalue weighted by Crippen LogP contribution is -1.90. The van der Waals surface area contributed by atoms with Gasteiger partial charge in [-0.15, -0.1) is 23.5 Å². The molecule has 2 aromatic carbocycles. The van der Waals surface area contributed by atoms with Crippen LogP contribution < -0.4 is 5.73 Å². The number of thioether (sulfide) groups is 2. The van der Waals surface area contributed by atoms with Gasteiger partial charge in [0, 0.05) is 32.0 Å². The molecule has 0 saturated carbocycles. The molecule has 6 heteroatoms. The Hall–Kier alpha value is -0.550. The Balaban J connectivity index is 1.86. The smallest absolute Gasteiger partial charge is 0.138 e. The summed E-state index contributed by atoms with van der Waals surface area (Å²) in [7, 11) is 0. The normalized spacial score (nSPS) is 10.8. The average Bonchev–Trinajstić information content (AvgIpc) is 2.40. The maximum atomic E-state index is 13.6. The van der Waals surface area contributed by atoms with Crippen LogP contribution in [-0.4, -0.2) is 11.5 Å². The first-order valence-corrected chi connectivity index (χ1v) is 8.54. The molecule has 0 unspecified atom stereocenters. The largest absolute Gasteiger partial charge is 0.399 e. The molecule has 0 heterocycles. The van der Waals surface area contributed by atoms with Gasteiger partial charge in [0.25, 0.3) is 0 Å². The fraction of sp³-hybridized carbons (Fsp3) is 0.143. The predicted octanol–water partition coefficient (Wildman–Crippen LogP) is 5.60. The van der Waals surface area contributed by atoms with Gasteiger partial charge in [-0.25, -0.2) is 4.39 Å². The van der Waals surface area contributed by atoms with E-state index < -0.39 is 0 Å². The van der Waals surface area contributed by atoms with Crippen LogP contribution in [0.2, 0.25) is 10.0 Å². The summed E-state index contributed by atoms with van der Waals surface area (Å²) in [6.45, 7) is 0. The summed E-state index contributed by atoms with van der Waals surface area (Å²) in [5, 5.41) is 1.34. The van der Waals surface area contributed by atoms with E-state index in [-0.39, 0.29) is 5.82 Å². The molecule has 2 rings (SSSR count). The third kappa shape index (κ3) is 4.48. The van der Waals surface area contributed by atoms with Gasteiger partial charge in [-0.2, -0.15) is 0 Å². The summed E-state index contributed by atoms with van der Waals surface area (Å²) in [6.07, 6.45) is 0. The molecule has 0 bridgehead atoms. The summed E-state index contributed by atoms with van der Waals surface area (Å²) in [6, 6.07) is 10.1. The van der Waals surface area contributed by atoms with Crippen LogP contribution in [0.3, 0.4) is 0 Å². The molecule has 2 aromatic rings. The number of rotatable bonds is 5. The van der Waals surface area contributed by atoms with Gasteiger partial charge in [-0.3, -0.25) is 0 Å². The zero-order chi connectivity index (χ0) is 14.5. The SMILES string of the molecule is Nc1ccc(SCCSc2cc(Cl)ccc2Cl)c(F)c1. The molecule has 0 aliphatic rings. The topological polar surface area (TPSA) is 26.0 Å². The lowest BCUT2D eigenvalue weighted by atomic mass is 10.3. The van der Waals surface area contributed by atoms with Crippen LogP contribution in [0.4, 0.5) is 10.1 Å². The van der Waals surface area contributed by atoms with Crippen LogP contribution in [0.5, 0.6) is 0 Å². The first kappa shape index (κ1) is 15.8. The van der Waals surface area contributed by atoms with Crippen molar-refractivity contribution in [1.82, 2.24) is 0 Å². The van der Waals surface area contributed by atoms with Gasteiger partial charge in [0.2, 0.25) is 0 Å². The van der Waals surface area contributed by atoms with Crippen LogP contribution in [0.25, 0.3) is 0 Å². The van der Waals surface area contributed by atoms with Crippen LogP contribution >= 0.6 is 46.7 Å². The fourth-order valence-corrected chi connectivity index (χ4v) is 3.93. The van der Waals surface area contributed by atoms with Gasteiger partial charge in [-0.1, -0.05) is 23.2 Å². The molecule has 0 fully saturated rings. The van der Waals surface area contributed by atoms with Crippen LogP contribution in [0.15, 0.2) is 46.2 Å². The Kier molecular flexibility index (Phi) is 5.90. The lowest BCUT2D eigenvalue weighted by molar-refractivity contribution is 0.603. The quantitative estimate of drug-likeness (QED) is 0.433. The Morgan fingerprint density at radius 1 is 0.950 bits per heavy atom. The molecule has 20 heavy (non-hydrogen) atoms. The standard InChI is InChI=1S/C14H12Cl2FNS2/c15-9-1-3-11(16)14(7-9)20-6-5-19-13-4-2-10(18)8-12(13)17/h1-4,7-8H,5-6,18H2. The number of nitrogens with two attached hydrogens (primary N) is 1. The zero-order valence-corrected chi connectivity index (χ0v) is 13.6. The Morgan fingerprint density at radius 3 is 2.35 bits per heavy atom. The molecule has 0 amide bonds. The van der Waals surface area contributed by atoms with Crippen molar-refractivity contribution in [1.29, 1.82) is 0 Å². The first-order chi connectivity index (χ1) is 9.56. The molecule has 2 N–H and O–H groups in total. The molecular weight excluding hydrogens is 336 g/mol. The van der Waals surface area contributed by atoms with Gasteiger partial charge in [-0.05, 0) is 36.4 Å². The number of benzene rings is 2. The highest BCUT2D eigenvalue weighted by atomic mass is 35.5. The third-order valence-corrected chi connectivity index (χ3v) is 5.49. The summed E-state index contributed by atoms with van der Waals surface area (Å²) in [5.74, 6) is 1.31. The summed E-state index contributed by atoms with van der Waals surface area (Å²) < 4.78 is 13.6. The first-order valence-electron chi connectivity index (χ1n) is 5.82. The summed E-state index contributed by atoms with van der Waals surface area (Å²) in [5.41, 5.74) is 5.95. The molecule has 0 radical (unpaired) electrons. The van der Waals surface area contributed by atoms with E-state index >= 15 is 0 Å². The van der Waals surface area contributed by atoms with E-state index in [1.807, 2.05) is 6.07 Å². The summed E-state index contributed by atoms with van der Waals surface area (Å²) >= 11 is 15.1. The van der Waals surface area contributed by atoms with Crippen molar-refractivity contribution in [3.8, 4) is 0 Å². The second-order valence-corrected chi connectivity index (χ2v) is 7.08. The van der Waals surface area contributed by atoms with E-state index in [1.54, 1.807) is 36.0 Å². The van der Waals surface area contributed by atoms with Crippen LogP contribution in [0, 0.1) is 5.82 Å². The number of nitrogen functional groups attached to an aromatic ring is 1. The van der Waals surface area contributed by atoms with Crippen molar-refractivity contribution in [2.75, 3.05) is 17.2 Å². The maximum Gasteiger partial charge on any atom is 0.138 e. The number of hydrogen-bond donors (Lipinski definition) is 1. The minimum Gasteiger partial charge on any atom is -0.399 e. The molecule has 1 nitrogen and oxygen atoms in total. The Bertz CT molecular complexity index is 608. The minimum absolute atomic E-state index is 0.277. The van der Waals surface area contributed by atoms with E-state index in [4.69, 9.17) is 28.9 Å².